The largest absolute Gasteiger partial charge is 0.399 e. The zero-order valence-electron chi connectivity index (χ0n) is 8.89. The zero-order chi connectivity index (χ0) is 11.6. The van der Waals surface area contributed by atoms with E-state index >= 15 is 0 Å². The van der Waals surface area contributed by atoms with Gasteiger partial charge in [-0.05, 0) is 18.6 Å². The minimum Gasteiger partial charge on any atom is -0.399 e. The molecule has 0 saturated heterocycles. The van der Waals surface area contributed by atoms with E-state index in [1.807, 2.05) is 24.3 Å². The third-order valence-electron chi connectivity index (χ3n) is 2.65. The molecule has 1 unspecified atom stereocenters. The van der Waals surface area contributed by atoms with Crippen molar-refractivity contribution in [3.8, 4) is 0 Å². The topological polar surface area (TPSA) is 69.1 Å². The predicted octanol–water partition coefficient (Wildman–Crippen LogP) is 1.37. The highest BCUT2D eigenvalue weighted by Crippen LogP contribution is 2.21. The number of hydrogen-bond acceptors (Lipinski definition) is 3. The van der Waals surface area contributed by atoms with Gasteiger partial charge in [0, 0.05) is 11.3 Å². The SMILES string of the molecule is NC1=CC(N)(C(=O)c2ccccc2)CC=C1. The Labute approximate surface area is 94.4 Å². The molecule has 0 heterocycles. The Hall–Kier alpha value is -1.87. The molecule has 1 aliphatic rings. The molecule has 1 atom stereocenters. The van der Waals surface area contributed by atoms with Crippen molar-refractivity contribution < 1.29 is 4.79 Å². The minimum absolute atomic E-state index is 0.0969. The Balaban J connectivity index is 2.33. The van der Waals surface area contributed by atoms with Crippen molar-refractivity contribution in [1.29, 1.82) is 0 Å². The average molecular weight is 214 g/mol. The van der Waals surface area contributed by atoms with Crippen molar-refractivity contribution in [2.24, 2.45) is 11.5 Å². The monoisotopic (exact) mass is 214 g/mol. The lowest BCUT2D eigenvalue weighted by molar-refractivity contribution is 0.0920. The van der Waals surface area contributed by atoms with Gasteiger partial charge in [0.1, 0.15) is 5.54 Å². The summed E-state index contributed by atoms with van der Waals surface area (Å²) in [5, 5.41) is 0. The van der Waals surface area contributed by atoms with Gasteiger partial charge >= 0.3 is 0 Å². The Morgan fingerprint density at radius 2 is 1.94 bits per heavy atom. The molecule has 4 N–H and O–H groups in total. The molecule has 0 radical (unpaired) electrons. The molecule has 0 aromatic heterocycles. The molecular formula is C13H14N2O. The maximum absolute atomic E-state index is 12.2. The second-order valence-corrected chi connectivity index (χ2v) is 3.99. The van der Waals surface area contributed by atoms with Crippen LogP contribution in [0.25, 0.3) is 0 Å². The third-order valence-corrected chi connectivity index (χ3v) is 2.65. The van der Waals surface area contributed by atoms with E-state index in [2.05, 4.69) is 0 Å². The minimum atomic E-state index is -1.000. The molecule has 0 aliphatic heterocycles. The van der Waals surface area contributed by atoms with Crippen LogP contribution in [0.5, 0.6) is 0 Å². The summed E-state index contributed by atoms with van der Waals surface area (Å²) in [7, 11) is 0. The molecule has 82 valence electrons. The lowest BCUT2D eigenvalue weighted by atomic mass is 9.84. The lowest BCUT2D eigenvalue weighted by Gasteiger charge is -2.26. The summed E-state index contributed by atoms with van der Waals surface area (Å²) >= 11 is 0. The van der Waals surface area contributed by atoms with Crippen molar-refractivity contribution in [3.05, 3.63) is 59.8 Å². The number of nitrogens with two attached hydrogens (primary N) is 2. The number of carbonyl (C=O) groups is 1. The van der Waals surface area contributed by atoms with Gasteiger partial charge < -0.3 is 11.5 Å². The van der Waals surface area contributed by atoms with Gasteiger partial charge in [-0.3, -0.25) is 4.79 Å². The summed E-state index contributed by atoms with van der Waals surface area (Å²) in [6.07, 6.45) is 5.71. The number of Topliss-reactive ketones (excluding diaryl/α,β-unsaturated/α-hetero) is 1. The number of ketones is 1. The third kappa shape index (κ3) is 1.90. The summed E-state index contributed by atoms with van der Waals surface area (Å²) in [4.78, 5) is 12.2. The number of benzene rings is 1. The first kappa shape index (κ1) is 10.6. The number of rotatable bonds is 2. The Bertz CT molecular complexity index is 462. The summed E-state index contributed by atoms with van der Waals surface area (Å²) < 4.78 is 0. The summed E-state index contributed by atoms with van der Waals surface area (Å²) in [6, 6.07) is 9.04. The van der Waals surface area contributed by atoms with Gasteiger partial charge in [-0.25, -0.2) is 0 Å². The molecular weight excluding hydrogens is 200 g/mol. The second kappa shape index (κ2) is 3.94. The van der Waals surface area contributed by atoms with Crippen LogP contribution in [0.3, 0.4) is 0 Å². The van der Waals surface area contributed by atoms with Crippen LogP contribution in [0, 0.1) is 0 Å². The molecule has 0 saturated carbocycles. The Morgan fingerprint density at radius 3 is 2.56 bits per heavy atom. The van der Waals surface area contributed by atoms with Crippen LogP contribution >= 0.6 is 0 Å². The molecule has 16 heavy (non-hydrogen) atoms. The molecule has 1 aromatic carbocycles. The number of carbonyl (C=O) groups excluding carboxylic acids is 1. The first-order valence-corrected chi connectivity index (χ1v) is 5.15. The Morgan fingerprint density at radius 1 is 1.25 bits per heavy atom. The van der Waals surface area contributed by atoms with E-state index in [0.29, 0.717) is 17.7 Å². The molecule has 3 nitrogen and oxygen atoms in total. The van der Waals surface area contributed by atoms with Gasteiger partial charge in [0.2, 0.25) is 0 Å². The lowest BCUT2D eigenvalue weighted by Crippen LogP contribution is -2.47. The van der Waals surface area contributed by atoms with E-state index in [0.717, 1.165) is 0 Å². The smallest absolute Gasteiger partial charge is 0.186 e. The highest BCUT2D eigenvalue weighted by molar-refractivity contribution is 6.04. The van der Waals surface area contributed by atoms with Crippen molar-refractivity contribution >= 4 is 5.78 Å². The molecule has 0 amide bonds. The van der Waals surface area contributed by atoms with Crippen LogP contribution in [0.2, 0.25) is 0 Å². The zero-order valence-corrected chi connectivity index (χ0v) is 8.89. The molecule has 0 spiro atoms. The quantitative estimate of drug-likeness (QED) is 0.730. The van der Waals surface area contributed by atoms with Gasteiger partial charge in [0.15, 0.2) is 5.78 Å². The van der Waals surface area contributed by atoms with Gasteiger partial charge in [0.25, 0.3) is 0 Å². The number of hydrogen-bond donors (Lipinski definition) is 2. The maximum atomic E-state index is 12.2. The molecule has 3 heteroatoms. The van der Waals surface area contributed by atoms with Gasteiger partial charge in [-0.2, -0.15) is 0 Å². The van der Waals surface area contributed by atoms with Crippen LogP contribution < -0.4 is 11.5 Å². The molecule has 2 rings (SSSR count). The normalized spacial score (nSPS) is 23.9. The molecule has 1 aliphatic carbocycles. The van der Waals surface area contributed by atoms with Crippen molar-refractivity contribution in [1.82, 2.24) is 0 Å². The second-order valence-electron chi connectivity index (χ2n) is 3.99. The van der Waals surface area contributed by atoms with Crippen molar-refractivity contribution in [2.75, 3.05) is 0 Å². The van der Waals surface area contributed by atoms with Crippen LogP contribution in [0.1, 0.15) is 16.8 Å². The van der Waals surface area contributed by atoms with E-state index in [9.17, 15) is 4.79 Å². The van der Waals surface area contributed by atoms with Crippen LogP contribution in [-0.2, 0) is 0 Å². The van der Waals surface area contributed by atoms with Crippen molar-refractivity contribution in [2.45, 2.75) is 12.0 Å². The first-order chi connectivity index (χ1) is 7.62. The van der Waals surface area contributed by atoms with Gasteiger partial charge in [-0.15, -0.1) is 0 Å². The fourth-order valence-electron chi connectivity index (χ4n) is 1.81. The fourth-order valence-corrected chi connectivity index (χ4v) is 1.81. The summed E-state index contributed by atoms with van der Waals surface area (Å²) in [6.45, 7) is 0. The summed E-state index contributed by atoms with van der Waals surface area (Å²) in [5.41, 5.74) is 11.9. The van der Waals surface area contributed by atoms with E-state index < -0.39 is 5.54 Å². The standard InChI is InChI=1S/C13H14N2O/c14-11-7-4-8-13(15,9-11)12(16)10-5-2-1-3-6-10/h1-7,9H,8,14-15H2. The summed E-state index contributed by atoms with van der Waals surface area (Å²) in [5.74, 6) is -0.0969. The average Bonchev–Trinajstić information content (AvgIpc) is 2.29. The van der Waals surface area contributed by atoms with Crippen LogP contribution in [0.4, 0.5) is 0 Å². The van der Waals surface area contributed by atoms with Crippen LogP contribution in [-0.4, -0.2) is 11.3 Å². The van der Waals surface area contributed by atoms with E-state index in [1.165, 1.54) is 0 Å². The van der Waals surface area contributed by atoms with Crippen molar-refractivity contribution in [3.63, 3.8) is 0 Å². The number of allylic oxidation sites excluding steroid dienone is 1. The van der Waals surface area contributed by atoms with Crippen LogP contribution in [0.15, 0.2) is 54.3 Å². The highest BCUT2D eigenvalue weighted by Gasteiger charge is 2.32. The molecule has 1 aromatic rings. The van der Waals surface area contributed by atoms with E-state index in [-0.39, 0.29) is 5.78 Å². The molecule has 0 fully saturated rings. The Kier molecular flexibility index (Phi) is 2.62. The van der Waals surface area contributed by atoms with Gasteiger partial charge in [-0.1, -0.05) is 36.4 Å². The highest BCUT2D eigenvalue weighted by atomic mass is 16.1. The molecule has 0 bridgehead atoms. The fraction of sp³-hybridized carbons (Fsp3) is 0.154. The van der Waals surface area contributed by atoms with Gasteiger partial charge in [0.05, 0.1) is 0 Å². The first-order valence-electron chi connectivity index (χ1n) is 5.15. The maximum Gasteiger partial charge on any atom is 0.186 e. The predicted molar refractivity (Wildman–Crippen MR) is 63.7 cm³/mol. The van der Waals surface area contributed by atoms with E-state index in [4.69, 9.17) is 11.5 Å². The van der Waals surface area contributed by atoms with E-state index in [1.54, 1.807) is 24.3 Å².